The van der Waals surface area contributed by atoms with Gasteiger partial charge in [-0.05, 0) is 53.1 Å². The van der Waals surface area contributed by atoms with Crippen molar-refractivity contribution in [2.24, 2.45) is 3.95 Å². The van der Waals surface area contributed by atoms with Gasteiger partial charge in [-0.15, -0.1) is 12.4 Å². The van der Waals surface area contributed by atoms with Gasteiger partial charge >= 0.3 is 83.9 Å². The molecule has 3 unspecified atom stereocenters. The topological polar surface area (TPSA) is 82.9 Å². The molecule has 0 spiro atoms. The Bertz CT molecular complexity index is 566. The number of likely N-dealkylation sites (tertiary alicyclic amines) is 2. The molecule has 3 aliphatic heterocycles. The molecule has 0 radical (unpaired) electrons. The van der Waals surface area contributed by atoms with Crippen molar-refractivity contribution in [2.45, 2.75) is 83.9 Å². The standard InChI is InChI=1S/C7H14BrNO2.C7H15FIN2.C7H14FN.C4H8FN.ClH/c1-7(2,3)11-6(10)9-5-4-8;8-7-2-5-11(6-7)4-1-3-9-10;1-2-4-9-5-3-7(8)6-9;5-4-1-2-6-3-4;/h4-5H2,1-3H3,(H,9,10);7H,1-6,10H2;7H,2-6H2,1H3;4,6H,1-3H2;1H/q;-1;;;. The molecule has 38 heavy (non-hydrogen) atoms. The third-order valence-electron chi connectivity index (χ3n) is 5.45. The fourth-order valence-electron chi connectivity index (χ4n) is 3.74. The Morgan fingerprint density at radius 2 is 1.66 bits per heavy atom. The Hall–Kier alpha value is 0.400. The van der Waals surface area contributed by atoms with Crippen LogP contribution < -0.4 is 36.1 Å². The van der Waals surface area contributed by atoms with Crippen LogP contribution in [0.2, 0.25) is 0 Å². The van der Waals surface area contributed by atoms with Crippen LogP contribution in [-0.4, -0.2) is 109 Å². The van der Waals surface area contributed by atoms with E-state index >= 15 is 0 Å². The van der Waals surface area contributed by atoms with Gasteiger partial charge < -0.3 is 20.3 Å². The predicted molar refractivity (Wildman–Crippen MR) is 154 cm³/mol. The van der Waals surface area contributed by atoms with Crippen LogP contribution in [0.25, 0.3) is 0 Å². The molecule has 3 fully saturated rings. The van der Waals surface area contributed by atoms with E-state index in [4.69, 9.17) is 8.68 Å². The zero-order valence-corrected chi connectivity index (χ0v) is 28.2. The molecule has 7 nitrogen and oxygen atoms in total. The van der Waals surface area contributed by atoms with Gasteiger partial charge in [-0.1, -0.05) is 22.9 Å². The SMILES string of the molecule is CC(C)(C)OC(=O)NCCBr.CCCN1CCC(F)C1.Cl.FC1CCNC1.N[I-]CCCN1CCC(F)C1. The van der Waals surface area contributed by atoms with Gasteiger partial charge in [-0.25, -0.2) is 13.6 Å². The first-order valence-corrected chi connectivity index (χ1v) is 17.3. The van der Waals surface area contributed by atoms with E-state index in [2.05, 4.69) is 43.3 Å². The monoisotopic (exact) mass is 752 g/mol. The summed E-state index contributed by atoms with van der Waals surface area (Å²) >= 11 is 3.14. The summed E-state index contributed by atoms with van der Waals surface area (Å²) in [5.74, 6) is 0. The summed E-state index contributed by atoms with van der Waals surface area (Å²) < 4.78 is 48.5. The van der Waals surface area contributed by atoms with Gasteiger partial charge in [-0.3, -0.25) is 0 Å². The van der Waals surface area contributed by atoms with Crippen LogP contribution in [0.3, 0.4) is 0 Å². The van der Waals surface area contributed by atoms with Crippen LogP contribution in [-0.2, 0) is 4.74 Å². The Morgan fingerprint density at radius 3 is 2.00 bits per heavy atom. The number of carbonyl (C=O) groups excluding carboxylic acids is 1. The minimum absolute atomic E-state index is 0. The fraction of sp³-hybridized carbons (Fsp3) is 0.960. The van der Waals surface area contributed by atoms with Crippen LogP contribution in [0.15, 0.2) is 0 Å². The normalized spacial score (nSPS) is 23.2. The molecule has 3 aliphatic rings. The van der Waals surface area contributed by atoms with Crippen LogP contribution in [0.4, 0.5) is 18.0 Å². The number of ether oxygens (including phenoxy) is 1. The predicted octanol–water partition coefficient (Wildman–Crippen LogP) is 1.47. The van der Waals surface area contributed by atoms with Crippen molar-refractivity contribution in [3.63, 3.8) is 0 Å². The summed E-state index contributed by atoms with van der Waals surface area (Å²) in [5, 5.41) is 6.22. The van der Waals surface area contributed by atoms with E-state index in [9.17, 15) is 18.0 Å². The number of nitrogens with one attached hydrogen (secondary N) is 2. The van der Waals surface area contributed by atoms with Crippen molar-refractivity contribution in [2.75, 3.05) is 68.7 Å². The number of alkyl halides is 5. The molecule has 3 saturated heterocycles. The second-order valence-corrected chi connectivity index (χ2v) is 13.0. The third kappa shape index (κ3) is 25.4. The molecule has 0 saturated carbocycles. The van der Waals surface area contributed by atoms with Crippen molar-refractivity contribution in [1.82, 2.24) is 20.4 Å². The van der Waals surface area contributed by atoms with Crippen LogP contribution >= 0.6 is 28.3 Å². The van der Waals surface area contributed by atoms with Gasteiger partial charge in [0.15, 0.2) is 0 Å². The first-order valence-electron chi connectivity index (χ1n) is 13.4. The number of rotatable bonds is 8. The molecule has 1 amide bonds. The molecule has 0 aromatic heterocycles. The number of halogens is 6. The number of amides is 1. The Labute approximate surface area is 254 Å². The van der Waals surface area contributed by atoms with E-state index in [1.54, 1.807) is 0 Å². The Kier molecular flexibility index (Phi) is 26.8. The summed E-state index contributed by atoms with van der Waals surface area (Å²) in [7, 11) is 0. The van der Waals surface area contributed by atoms with E-state index in [-0.39, 0.29) is 40.0 Å². The fourth-order valence-corrected chi connectivity index (χ4v) is 4.72. The summed E-state index contributed by atoms with van der Waals surface area (Å²) in [4.78, 5) is 15.2. The number of hydrogen-bond donors (Lipinski definition) is 3. The van der Waals surface area contributed by atoms with E-state index in [1.807, 2.05) is 20.8 Å². The average molecular weight is 754 g/mol. The van der Waals surface area contributed by atoms with Gasteiger partial charge in [0, 0.05) is 31.5 Å². The van der Waals surface area contributed by atoms with Gasteiger partial charge in [0.25, 0.3) is 0 Å². The molecule has 232 valence electrons. The zero-order valence-electron chi connectivity index (χ0n) is 23.6. The van der Waals surface area contributed by atoms with Crippen molar-refractivity contribution in [3.05, 3.63) is 0 Å². The molecule has 3 rings (SSSR count). The zero-order chi connectivity index (χ0) is 28.1. The molecular weight excluding hydrogens is 702 g/mol. The second kappa shape index (κ2) is 25.1. The van der Waals surface area contributed by atoms with Gasteiger partial charge in [-0.2, -0.15) is 0 Å². The number of carbonyl (C=O) groups is 1. The first kappa shape index (κ1) is 40.5. The minimum atomic E-state index is -0.567. The number of nitrogens with two attached hydrogens (primary N) is 1. The molecule has 4 N–H and O–H groups in total. The van der Waals surface area contributed by atoms with E-state index in [0.29, 0.717) is 32.6 Å². The number of alkyl carbamates (subject to hydrolysis) is 1. The Balaban J connectivity index is 0. The van der Waals surface area contributed by atoms with Crippen LogP contribution in [0.1, 0.15) is 59.8 Å². The second-order valence-electron chi connectivity index (χ2n) is 10.3. The summed E-state index contributed by atoms with van der Waals surface area (Å²) in [6.07, 6.45) is 2.46. The quantitative estimate of drug-likeness (QED) is 0.151. The molecule has 0 aliphatic carbocycles. The van der Waals surface area contributed by atoms with E-state index in [1.165, 1.54) is 4.43 Å². The molecule has 0 aromatic carbocycles. The molecular formula is C25H52BrClF3IN5O2-. The van der Waals surface area contributed by atoms with Gasteiger partial charge in [0.05, 0.1) is 0 Å². The molecule has 0 aromatic rings. The first-order chi connectivity index (χ1) is 17.5. The molecule has 3 heterocycles. The molecule has 0 bridgehead atoms. The van der Waals surface area contributed by atoms with Crippen molar-refractivity contribution in [3.8, 4) is 0 Å². The van der Waals surface area contributed by atoms with E-state index < -0.39 is 24.1 Å². The summed E-state index contributed by atoms with van der Waals surface area (Å²) in [6.45, 7) is 15.0. The van der Waals surface area contributed by atoms with Gasteiger partial charge in [0.1, 0.15) is 17.9 Å². The number of hydrogen-bond acceptors (Lipinski definition) is 6. The maximum absolute atomic E-state index is 12.6. The summed E-state index contributed by atoms with van der Waals surface area (Å²) in [6, 6.07) is 0. The Morgan fingerprint density at radius 1 is 1.08 bits per heavy atom. The molecule has 13 heteroatoms. The van der Waals surface area contributed by atoms with Crippen molar-refractivity contribution in [1.29, 1.82) is 0 Å². The maximum atomic E-state index is 12.6. The number of nitrogens with zero attached hydrogens (tertiary/aromatic N) is 2. The molecule has 3 atom stereocenters. The van der Waals surface area contributed by atoms with E-state index in [0.717, 1.165) is 63.7 Å². The van der Waals surface area contributed by atoms with Crippen molar-refractivity contribution < 1.29 is 44.2 Å². The summed E-state index contributed by atoms with van der Waals surface area (Å²) in [5.41, 5.74) is -0.406. The average Bonchev–Trinajstić information content (AvgIpc) is 3.56. The van der Waals surface area contributed by atoms with Crippen molar-refractivity contribution >= 4 is 34.4 Å². The third-order valence-corrected chi connectivity index (χ3v) is 7.23. The van der Waals surface area contributed by atoms with Crippen LogP contribution in [0.5, 0.6) is 0 Å². The van der Waals surface area contributed by atoms with Gasteiger partial charge in [0.2, 0.25) is 0 Å². The van der Waals surface area contributed by atoms with Crippen LogP contribution in [0, 0.1) is 0 Å².